The van der Waals surface area contributed by atoms with Gasteiger partial charge in [-0.2, -0.15) is 0 Å². The number of phenolic OH excluding ortho intramolecular Hbond substituents is 1. The van der Waals surface area contributed by atoms with Gasteiger partial charge in [-0.05, 0) is 94.2 Å². The summed E-state index contributed by atoms with van der Waals surface area (Å²) in [5.41, 5.74) is 3.78. The molecule has 0 heterocycles. The monoisotopic (exact) mass is 642 g/mol. The molecule has 0 amide bonds. The largest absolute Gasteiger partial charge is 0.507 e. The highest BCUT2D eigenvalue weighted by molar-refractivity contribution is 7.81. The predicted octanol–water partition coefficient (Wildman–Crippen LogP) is 9.09. The molecule has 0 aromatic heterocycles. The lowest BCUT2D eigenvalue weighted by molar-refractivity contribution is 0.241. The van der Waals surface area contributed by atoms with Gasteiger partial charge in [-0.15, -0.1) is 0 Å². The molecule has 0 aliphatic carbocycles. The van der Waals surface area contributed by atoms with Crippen LogP contribution >= 0.6 is 12.2 Å². The normalized spacial score (nSPS) is 12.8. The summed E-state index contributed by atoms with van der Waals surface area (Å²) in [6.07, 6.45) is 0.736. The molecule has 0 fully saturated rings. The van der Waals surface area contributed by atoms with Crippen molar-refractivity contribution in [1.82, 2.24) is 0 Å². The van der Waals surface area contributed by atoms with Gasteiger partial charge in [0.1, 0.15) is 11.5 Å². The lowest BCUT2D eigenvalue weighted by atomic mass is 9.99. The average molecular weight is 643 g/mol. The summed E-state index contributed by atoms with van der Waals surface area (Å²) in [5.74, 6) is 0.707. The number of thiocarbonyl (C=S) groups is 1. The van der Waals surface area contributed by atoms with Crippen LogP contribution in [0.3, 0.4) is 0 Å². The van der Waals surface area contributed by atoms with Crippen LogP contribution in [0, 0.1) is 0 Å². The van der Waals surface area contributed by atoms with Crippen LogP contribution in [0.4, 0.5) is 0 Å². The quantitative estimate of drug-likeness (QED) is 0.0819. The van der Waals surface area contributed by atoms with Crippen LogP contribution in [0.2, 0.25) is 65.0 Å². The number of phenols is 1. The molecule has 0 spiro atoms. The molecule has 222 valence electrons. The molecular formula is C31H46O5SSi4. The average Bonchev–Trinajstić information content (AvgIpc) is 2.84. The Hall–Kier alpha value is -1.90. The first kappa shape index (κ1) is 33.6. The molecule has 3 aromatic rings. The fourth-order valence-electron chi connectivity index (χ4n) is 4.49. The maximum atomic E-state index is 10.8. The van der Waals surface area contributed by atoms with E-state index in [-0.39, 0.29) is 5.75 Å². The first-order chi connectivity index (χ1) is 19.0. The van der Waals surface area contributed by atoms with E-state index in [0.29, 0.717) is 28.8 Å². The molecule has 0 saturated carbocycles. The van der Waals surface area contributed by atoms with Crippen molar-refractivity contribution < 1.29 is 22.2 Å². The van der Waals surface area contributed by atoms with Crippen molar-refractivity contribution in [2.45, 2.75) is 71.4 Å². The molecule has 41 heavy (non-hydrogen) atoms. The summed E-state index contributed by atoms with van der Waals surface area (Å²) in [7, 11) is -8.66. The smallest absolute Gasteiger partial charge is 0.469 e. The topological polar surface area (TPSA) is 57.2 Å². The molecule has 3 rings (SSSR count). The molecule has 0 radical (unpaired) electrons. The number of benzene rings is 3. The van der Waals surface area contributed by atoms with Crippen molar-refractivity contribution in [1.29, 1.82) is 0 Å². The van der Waals surface area contributed by atoms with E-state index in [0.717, 1.165) is 23.1 Å². The minimum atomic E-state index is -2.90. The van der Waals surface area contributed by atoms with Crippen molar-refractivity contribution in [3.8, 4) is 22.6 Å². The number of hydrogen-bond acceptors (Lipinski definition) is 6. The van der Waals surface area contributed by atoms with Gasteiger partial charge in [-0.25, -0.2) is 0 Å². The number of ether oxygens (including phenoxy) is 1. The molecule has 3 aromatic carbocycles. The van der Waals surface area contributed by atoms with Gasteiger partial charge in [0.05, 0.1) is 11.5 Å². The van der Waals surface area contributed by atoms with Crippen LogP contribution < -0.4 is 4.74 Å². The zero-order valence-corrected chi connectivity index (χ0v) is 30.9. The van der Waals surface area contributed by atoms with Crippen LogP contribution in [0.5, 0.6) is 11.5 Å². The predicted molar refractivity (Wildman–Crippen MR) is 185 cm³/mol. The van der Waals surface area contributed by atoms with E-state index in [2.05, 4.69) is 83.2 Å². The second-order valence-corrected chi connectivity index (χ2v) is 30.6. The van der Waals surface area contributed by atoms with Gasteiger partial charge >= 0.3 is 8.80 Å². The summed E-state index contributed by atoms with van der Waals surface area (Å²) in [5, 5.41) is 10.8. The summed E-state index contributed by atoms with van der Waals surface area (Å²) in [6, 6.07) is 24.4. The highest BCUT2D eigenvalue weighted by Gasteiger charge is 2.49. The van der Waals surface area contributed by atoms with E-state index in [4.69, 9.17) is 29.3 Å². The summed E-state index contributed by atoms with van der Waals surface area (Å²) < 4.78 is 26.3. The standard InChI is InChI=1S/C31H46O5SSi4/c1-38(2,3)34-41(35-39(4,5)6,36-40(7,8)9)23-13-22-33-28-20-21-29(30(32)24-28)31(37)27-18-16-26(17-19-27)25-14-11-10-12-15-25/h10-12,14-21,24,32H,13,22-23H2,1-9H3. The Balaban J connectivity index is 1.67. The van der Waals surface area contributed by atoms with Crippen molar-refractivity contribution in [3.05, 3.63) is 83.9 Å². The number of aromatic hydroxyl groups is 1. The van der Waals surface area contributed by atoms with Crippen molar-refractivity contribution >= 4 is 50.8 Å². The SMILES string of the molecule is C[Si](C)(C)O[Si](CCCOc1ccc(C(=S)c2ccc(-c3ccccc3)cc2)c(O)c1)(O[Si](C)(C)C)O[Si](C)(C)C. The maximum absolute atomic E-state index is 10.8. The summed E-state index contributed by atoms with van der Waals surface area (Å²) in [6.45, 7) is 20.2. The molecule has 0 atom stereocenters. The molecule has 0 saturated heterocycles. The number of hydrogen-bond donors (Lipinski definition) is 1. The van der Waals surface area contributed by atoms with Gasteiger partial charge < -0.3 is 22.2 Å². The second-order valence-electron chi connectivity index (χ2n) is 13.2. The van der Waals surface area contributed by atoms with Gasteiger partial charge in [0.2, 0.25) is 0 Å². The molecule has 0 unspecified atom stereocenters. The van der Waals surface area contributed by atoms with E-state index >= 15 is 0 Å². The van der Waals surface area contributed by atoms with Crippen LogP contribution in [-0.2, 0) is 12.3 Å². The minimum Gasteiger partial charge on any atom is -0.507 e. The van der Waals surface area contributed by atoms with E-state index < -0.39 is 33.8 Å². The Labute approximate surface area is 256 Å². The summed E-state index contributed by atoms with van der Waals surface area (Å²) in [4.78, 5) is 0.597. The first-order valence-corrected chi connectivity index (χ1v) is 26.8. The maximum Gasteiger partial charge on any atom is 0.469 e. The fraction of sp³-hybridized carbons (Fsp3) is 0.387. The Bertz CT molecular complexity index is 1260. The van der Waals surface area contributed by atoms with Gasteiger partial charge in [-0.1, -0.05) is 66.8 Å². The summed E-state index contributed by atoms with van der Waals surface area (Å²) >= 11 is 5.73. The zero-order valence-electron chi connectivity index (χ0n) is 26.0. The Morgan fingerprint density at radius 1 is 0.683 bits per heavy atom. The molecular weight excluding hydrogens is 597 g/mol. The van der Waals surface area contributed by atoms with E-state index in [1.165, 1.54) is 0 Å². The number of rotatable bonds is 14. The molecule has 1 N–H and O–H groups in total. The molecule has 0 aliphatic rings. The second kappa shape index (κ2) is 13.6. The van der Waals surface area contributed by atoms with Crippen LogP contribution in [0.25, 0.3) is 11.1 Å². The van der Waals surface area contributed by atoms with E-state index in [9.17, 15) is 5.11 Å². The van der Waals surface area contributed by atoms with Crippen molar-refractivity contribution in [2.24, 2.45) is 0 Å². The third-order valence-electron chi connectivity index (χ3n) is 5.75. The van der Waals surface area contributed by atoms with Gasteiger partial charge in [0.25, 0.3) is 0 Å². The lowest BCUT2D eigenvalue weighted by Gasteiger charge is -2.42. The Morgan fingerprint density at radius 2 is 1.20 bits per heavy atom. The van der Waals surface area contributed by atoms with Crippen molar-refractivity contribution in [3.63, 3.8) is 0 Å². The third kappa shape index (κ3) is 11.0. The molecule has 0 bridgehead atoms. The van der Waals surface area contributed by atoms with Gasteiger partial charge in [0, 0.05) is 17.7 Å². The zero-order chi connectivity index (χ0) is 30.5. The first-order valence-electron chi connectivity index (χ1n) is 14.2. The van der Waals surface area contributed by atoms with Gasteiger partial charge in [-0.3, -0.25) is 0 Å². The van der Waals surface area contributed by atoms with E-state index in [1.54, 1.807) is 6.07 Å². The fourth-order valence-corrected chi connectivity index (χ4v) is 19.4. The van der Waals surface area contributed by atoms with Crippen molar-refractivity contribution in [2.75, 3.05) is 6.61 Å². The Kier molecular flexibility index (Phi) is 11.1. The van der Waals surface area contributed by atoms with E-state index in [1.807, 2.05) is 42.5 Å². The van der Waals surface area contributed by atoms with Crippen LogP contribution in [0.1, 0.15) is 17.5 Å². The molecule has 5 nitrogen and oxygen atoms in total. The highest BCUT2D eigenvalue weighted by atomic mass is 32.1. The minimum absolute atomic E-state index is 0.106. The van der Waals surface area contributed by atoms with Crippen LogP contribution in [-0.4, -0.2) is 50.3 Å². The van der Waals surface area contributed by atoms with Crippen LogP contribution in [0.15, 0.2) is 72.8 Å². The van der Waals surface area contributed by atoms with Gasteiger partial charge in [0.15, 0.2) is 25.0 Å². The lowest BCUT2D eigenvalue weighted by Crippen LogP contribution is -2.60. The Morgan fingerprint density at radius 3 is 1.68 bits per heavy atom. The molecule has 10 heteroatoms. The third-order valence-corrected chi connectivity index (χ3v) is 18.3. The highest BCUT2D eigenvalue weighted by Crippen LogP contribution is 2.31. The molecule has 0 aliphatic heterocycles.